The SMILES string of the molecule is N[C@@H](Cc1ccc(F)cc1)CN1Cc2ccccc2C1. The van der Waals surface area contributed by atoms with Gasteiger partial charge in [0.25, 0.3) is 0 Å². The Labute approximate surface area is 119 Å². The van der Waals surface area contributed by atoms with E-state index in [9.17, 15) is 4.39 Å². The van der Waals surface area contributed by atoms with Crippen LogP contribution in [0.3, 0.4) is 0 Å². The third kappa shape index (κ3) is 3.06. The van der Waals surface area contributed by atoms with Gasteiger partial charge in [-0.3, -0.25) is 4.90 Å². The van der Waals surface area contributed by atoms with E-state index >= 15 is 0 Å². The molecule has 1 atom stereocenters. The Bertz CT molecular complexity index is 555. The molecule has 2 aromatic rings. The minimum Gasteiger partial charge on any atom is -0.326 e. The van der Waals surface area contributed by atoms with Gasteiger partial charge in [-0.15, -0.1) is 0 Å². The summed E-state index contributed by atoms with van der Waals surface area (Å²) in [5.41, 5.74) is 10.1. The number of halogens is 1. The lowest BCUT2D eigenvalue weighted by atomic mass is 10.1. The van der Waals surface area contributed by atoms with Crippen LogP contribution in [0.1, 0.15) is 16.7 Å². The minimum absolute atomic E-state index is 0.0785. The highest BCUT2D eigenvalue weighted by Crippen LogP contribution is 2.22. The number of rotatable bonds is 4. The van der Waals surface area contributed by atoms with Crippen LogP contribution in [0.2, 0.25) is 0 Å². The molecule has 104 valence electrons. The highest BCUT2D eigenvalue weighted by atomic mass is 19.1. The van der Waals surface area contributed by atoms with Crippen molar-refractivity contribution in [1.29, 1.82) is 0 Å². The van der Waals surface area contributed by atoms with Crippen LogP contribution in [0, 0.1) is 5.82 Å². The zero-order valence-electron chi connectivity index (χ0n) is 11.4. The van der Waals surface area contributed by atoms with Crippen LogP contribution < -0.4 is 5.73 Å². The van der Waals surface area contributed by atoms with E-state index in [2.05, 4.69) is 29.2 Å². The molecule has 0 radical (unpaired) electrons. The molecule has 0 saturated heterocycles. The standard InChI is InChI=1S/C17H19FN2/c18-16-7-5-13(6-8-16)9-17(19)12-20-10-14-3-1-2-4-15(14)11-20/h1-8,17H,9-12,19H2/t17-/m0/s1. The third-order valence-corrected chi connectivity index (χ3v) is 3.81. The van der Waals surface area contributed by atoms with Crippen LogP contribution in [0.5, 0.6) is 0 Å². The molecule has 2 nitrogen and oxygen atoms in total. The van der Waals surface area contributed by atoms with E-state index in [0.29, 0.717) is 0 Å². The van der Waals surface area contributed by atoms with Crippen LogP contribution in [0.25, 0.3) is 0 Å². The fraction of sp³-hybridized carbons (Fsp3) is 0.294. The first-order valence-electron chi connectivity index (χ1n) is 7.00. The van der Waals surface area contributed by atoms with E-state index in [1.54, 1.807) is 0 Å². The Morgan fingerprint density at radius 3 is 2.20 bits per heavy atom. The van der Waals surface area contributed by atoms with Gasteiger partial charge in [0.1, 0.15) is 5.82 Å². The number of benzene rings is 2. The van der Waals surface area contributed by atoms with Crippen LogP contribution in [0.15, 0.2) is 48.5 Å². The molecule has 0 aromatic heterocycles. The molecule has 0 saturated carbocycles. The molecule has 3 heteroatoms. The second kappa shape index (κ2) is 5.73. The third-order valence-electron chi connectivity index (χ3n) is 3.81. The molecular weight excluding hydrogens is 251 g/mol. The molecule has 3 rings (SSSR count). The van der Waals surface area contributed by atoms with Crippen molar-refractivity contribution in [3.8, 4) is 0 Å². The number of hydrogen-bond acceptors (Lipinski definition) is 2. The number of hydrogen-bond donors (Lipinski definition) is 1. The van der Waals surface area contributed by atoms with E-state index in [0.717, 1.165) is 31.6 Å². The van der Waals surface area contributed by atoms with E-state index in [1.165, 1.54) is 23.3 Å². The first kappa shape index (κ1) is 13.3. The molecule has 0 unspecified atom stereocenters. The molecule has 1 heterocycles. The summed E-state index contributed by atoms with van der Waals surface area (Å²) in [4.78, 5) is 2.37. The fourth-order valence-electron chi connectivity index (χ4n) is 2.85. The summed E-state index contributed by atoms with van der Waals surface area (Å²) in [6, 6.07) is 15.2. The van der Waals surface area contributed by atoms with Gasteiger partial charge in [-0.2, -0.15) is 0 Å². The summed E-state index contributed by atoms with van der Waals surface area (Å²) in [5.74, 6) is -0.197. The smallest absolute Gasteiger partial charge is 0.123 e. The fourth-order valence-corrected chi connectivity index (χ4v) is 2.85. The molecule has 0 bridgehead atoms. The second-order valence-electron chi connectivity index (χ2n) is 5.53. The van der Waals surface area contributed by atoms with Gasteiger partial charge in [-0.05, 0) is 35.2 Å². The highest BCUT2D eigenvalue weighted by Gasteiger charge is 2.20. The van der Waals surface area contributed by atoms with Gasteiger partial charge in [0.2, 0.25) is 0 Å². The van der Waals surface area contributed by atoms with Gasteiger partial charge in [0.05, 0.1) is 0 Å². The number of nitrogens with two attached hydrogens (primary N) is 1. The average Bonchev–Trinajstić information content (AvgIpc) is 2.83. The second-order valence-corrected chi connectivity index (χ2v) is 5.53. The molecule has 2 aromatic carbocycles. The van der Waals surface area contributed by atoms with Crippen molar-refractivity contribution in [3.05, 3.63) is 71.0 Å². The van der Waals surface area contributed by atoms with Gasteiger partial charge in [-0.25, -0.2) is 4.39 Å². The van der Waals surface area contributed by atoms with Crippen molar-refractivity contribution in [2.75, 3.05) is 6.54 Å². The quantitative estimate of drug-likeness (QED) is 0.925. The molecule has 0 spiro atoms. The molecular formula is C17H19FN2. The van der Waals surface area contributed by atoms with Gasteiger partial charge in [0, 0.05) is 25.7 Å². The lowest BCUT2D eigenvalue weighted by Gasteiger charge is -2.20. The van der Waals surface area contributed by atoms with E-state index in [1.807, 2.05) is 12.1 Å². The zero-order chi connectivity index (χ0) is 13.9. The maximum Gasteiger partial charge on any atom is 0.123 e. The first-order chi connectivity index (χ1) is 9.70. The van der Waals surface area contributed by atoms with Crippen LogP contribution >= 0.6 is 0 Å². The summed E-state index contributed by atoms with van der Waals surface area (Å²) in [6.07, 6.45) is 0.785. The van der Waals surface area contributed by atoms with Crippen molar-refractivity contribution in [3.63, 3.8) is 0 Å². The Morgan fingerprint density at radius 1 is 1.00 bits per heavy atom. The summed E-state index contributed by atoms with van der Waals surface area (Å²) >= 11 is 0. The maximum absolute atomic E-state index is 12.9. The summed E-state index contributed by atoms with van der Waals surface area (Å²) in [6.45, 7) is 2.83. The Kier molecular flexibility index (Phi) is 3.81. The molecule has 0 fully saturated rings. The summed E-state index contributed by atoms with van der Waals surface area (Å²) < 4.78 is 12.9. The predicted molar refractivity (Wildman–Crippen MR) is 78.6 cm³/mol. The number of fused-ring (bicyclic) bond motifs is 1. The topological polar surface area (TPSA) is 29.3 Å². The highest BCUT2D eigenvalue weighted by molar-refractivity contribution is 5.30. The van der Waals surface area contributed by atoms with Crippen LogP contribution in [-0.2, 0) is 19.5 Å². The Balaban J connectivity index is 1.55. The van der Waals surface area contributed by atoms with Crippen molar-refractivity contribution in [1.82, 2.24) is 4.90 Å². The number of nitrogens with zero attached hydrogens (tertiary/aromatic N) is 1. The molecule has 0 amide bonds. The van der Waals surface area contributed by atoms with Gasteiger partial charge in [-0.1, -0.05) is 36.4 Å². The van der Waals surface area contributed by atoms with Crippen LogP contribution in [-0.4, -0.2) is 17.5 Å². The normalized spacial score (nSPS) is 16.1. The lowest BCUT2D eigenvalue weighted by molar-refractivity contribution is 0.264. The molecule has 2 N–H and O–H groups in total. The summed E-state index contributed by atoms with van der Waals surface area (Å²) in [7, 11) is 0. The predicted octanol–water partition coefficient (Wildman–Crippen LogP) is 2.71. The van der Waals surface area contributed by atoms with Gasteiger partial charge < -0.3 is 5.73 Å². The first-order valence-corrected chi connectivity index (χ1v) is 7.00. The van der Waals surface area contributed by atoms with Gasteiger partial charge >= 0.3 is 0 Å². The largest absolute Gasteiger partial charge is 0.326 e. The van der Waals surface area contributed by atoms with E-state index in [4.69, 9.17) is 5.73 Å². The molecule has 1 aliphatic heterocycles. The summed E-state index contributed by atoms with van der Waals surface area (Å²) in [5, 5.41) is 0. The molecule has 1 aliphatic rings. The maximum atomic E-state index is 12.9. The van der Waals surface area contributed by atoms with E-state index < -0.39 is 0 Å². The Morgan fingerprint density at radius 2 is 1.60 bits per heavy atom. The molecule has 0 aliphatic carbocycles. The van der Waals surface area contributed by atoms with Crippen molar-refractivity contribution in [2.45, 2.75) is 25.6 Å². The van der Waals surface area contributed by atoms with E-state index in [-0.39, 0.29) is 11.9 Å². The Hall–Kier alpha value is -1.71. The van der Waals surface area contributed by atoms with Gasteiger partial charge in [0.15, 0.2) is 0 Å². The lowest BCUT2D eigenvalue weighted by Crippen LogP contribution is -2.36. The average molecular weight is 270 g/mol. The minimum atomic E-state index is -0.197. The van der Waals surface area contributed by atoms with Crippen molar-refractivity contribution >= 4 is 0 Å². The van der Waals surface area contributed by atoms with Crippen molar-refractivity contribution in [2.24, 2.45) is 5.73 Å². The van der Waals surface area contributed by atoms with Crippen molar-refractivity contribution < 1.29 is 4.39 Å². The monoisotopic (exact) mass is 270 g/mol. The van der Waals surface area contributed by atoms with Crippen LogP contribution in [0.4, 0.5) is 4.39 Å². The molecule has 20 heavy (non-hydrogen) atoms. The zero-order valence-corrected chi connectivity index (χ0v) is 11.4.